The van der Waals surface area contributed by atoms with E-state index < -0.39 is 4.81 Å². The van der Waals surface area contributed by atoms with E-state index in [9.17, 15) is 0 Å². The van der Waals surface area contributed by atoms with E-state index in [1.165, 1.54) is 6.08 Å². The Morgan fingerprint density at radius 3 is 2.25 bits per heavy atom. The second kappa shape index (κ2) is 2.81. The van der Waals surface area contributed by atoms with Gasteiger partial charge in [-0.1, -0.05) is 6.58 Å². The zero-order chi connectivity index (χ0) is 6.62. The third kappa shape index (κ3) is 2.74. The first kappa shape index (κ1) is 7.62. The first-order valence-electron chi connectivity index (χ1n) is 2.56. The Kier molecular flexibility index (Phi) is 2.68. The highest BCUT2D eigenvalue weighted by atomic mass is 16.8. The van der Waals surface area contributed by atoms with Crippen LogP contribution in [0.15, 0.2) is 12.7 Å². The van der Waals surface area contributed by atoms with Crippen LogP contribution in [0.25, 0.3) is 0 Å². The summed E-state index contributed by atoms with van der Waals surface area (Å²) in [4.78, 5) is -0.955. The van der Waals surface area contributed by atoms with Crippen LogP contribution in [0.2, 0.25) is 0 Å². The van der Waals surface area contributed by atoms with Crippen molar-refractivity contribution in [3.05, 3.63) is 12.7 Å². The highest BCUT2D eigenvalue weighted by molar-refractivity contribution is 4.62. The van der Waals surface area contributed by atoms with Gasteiger partial charge in [0.15, 0.2) is 6.54 Å². The summed E-state index contributed by atoms with van der Waals surface area (Å²) in [6, 6.07) is 0. The molecule has 0 saturated heterocycles. The van der Waals surface area contributed by atoms with E-state index in [0.717, 1.165) is 0 Å². The quantitative estimate of drug-likeness (QED) is 0.327. The average Bonchev–Trinajstić information content (AvgIpc) is 1.67. The molecule has 0 radical (unpaired) electrons. The maximum absolute atomic E-state index is 8.75. The van der Waals surface area contributed by atoms with Gasteiger partial charge in [-0.2, -0.15) is 10.4 Å². The Morgan fingerprint density at radius 1 is 1.62 bits per heavy atom. The van der Waals surface area contributed by atoms with Gasteiger partial charge in [0.25, 0.3) is 0 Å². The van der Waals surface area contributed by atoms with Crippen LogP contribution in [0.5, 0.6) is 0 Å². The van der Waals surface area contributed by atoms with Gasteiger partial charge in [0.2, 0.25) is 0 Å². The first-order valence-corrected chi connectivity index (χ1v) is 2.56. The molecule has 0 saturated carbocycles. The zero-order valence-electron chi connectivity index (χ0n) is 5.04. The van der Waals surface area contributed by atoms with Crippen molar-refractivity contribution in [2.75, 3.05) is 13.1 Å². The molecular weight excluding hydrogens is 106 g/mol. The summed E-state index contributed by atoms with van der Waals surface area (Å²) in [5.74, 6) is 0. The molecule has 0 spiro atoms. The third-order valence-electron chi connectivity index (χ3n) is 0.928. The summed E-state index contributed by atoms with van der Waals surface area (Å²) in [6.45, 7) is 5.50. The predicted molar refractivity (Wildman–Crippen MR) is 29.4 cm³/mol. The first-order chi connectivity index (χ1) is 3.62. The smallest absolute Gasteiger partial charge is 0.160 e. The van der Waals surface area contributed by atoms with Crippen molar-refractivity contribution in [2.24, 2.45) is 0 Å². The molecule has 0 aliphatic carbocycles. The van der Waals surface area contributed by atoms with Crippen LogP contribution in [0.1, 0.15) is 6.92 Å². The monoisotopic (exact) mass is 118 g/mol. The van der Waals surface area contributed by atoms with Crippen molar-refractivity contribution < 1.29 is 15.2 Å². The molecule has 0 rings (SSSR count). The molecule has 8 heavy (non-hydrogen) atoms. The molecule has 0 fully saturated rings. The molecule has 0 aliphatic rings. The van der Waals surface area contributed by atoms with E-state index in [-0.39, 0.29) is 13.1 Å². The Labute approximate surface area is 49.0 Å². The molecule has 0 aromatic carbocycles. The van der Waals surface area contributed by atoms with Gasteiger partial charge in [-0.3, -0.25) is 0 Å². The van der Waals surface area contributed by atoms with E-state index in [2.05, 4.69) is 6.58 Å². The van der Waals surface area contributed by atoms with Crippen molar-refractivity contribution >= 4 is 0 Å². The molecule has 3 nitrogen and oxygen atoms in total. The summed E-state index contributed by atoms with van der Waals surface area (Å²) >= 11 is 0. The highest BCUT2D eigenvalue weighted by Crippen LogP contribution is 1.92. The number of nitrogens with zero attached hydrogens (tertiary/aromatic N) is 1. The SMILES string of the molecule is C=CC[N+](O)(O)CC. The normalized spacial score (nSPS) is 11.4. The summed E-state index contributed by atoms with van der Waals surface area (Å²) < 4.78 is 0. The topological polar surface area (TPSA) is 40.5 Å². The Bertz CT molecular complexity index is 80.5. The maximum Gasteiger partial charge on any atom is 0.160 e. The lowest BCUT2D eigenvalue weighted by Crippen LogP contribution is -2.40. The minimum Gasteiger partial charge on any atom is -0.182 e. The lowest BCUT2D eigenvalue weighted by atomic mass is 10.6. The Balaban J connectivity index is 3.53. The predicted octanol–water partition coefficient (Wildman–Crippen LogP) is 0.788. The van der Waals surface area contributed by atoms with Crippen LogP contribution in [-0.2, 0) is 0 Å². The fourth-order valence-corrected chi connectivity index (χ4v) is 0.336. The largest absolute Gasteiger partial charge is 0.182 e. The van der Waals surface area contributed by atoms with Gasteiger partial charge in [0, 0.05) is 0 Å². The van der Waals surface area contributed by atoms with E-state index in [0.29, 0.717) is 0 Å². The number of rotatable bonds is 3. The van der Waals surface area contributed by atoms with E-state index >= 15 is 0 Å². The number of quaternary nitrogens is 1. The van der Waals surface area contributed by atoms with Gasteiger partial charge in [0.1, 0.15) is 6.54 Å². The standard InChI is InChI=1S/C5H12NO2/c1-3-5-6(7,8)4-2/h3,7-8H,1,4-5H2,2H3/q+1. The number of hydroxylamine groups is 4. The number of hydrogen-bond acceptors (Lipinski definition) is 2. The second-order valence-corrected chi connectivity index (χ2v) is 1.67. The molecule has 0 unspecified atom stereocenters. The summed E-state index contributed by atoms with van der Waals surface area (Å²) in [7, 11) is 0. The van der Waals surface area contributed by atoms with E-state index in [1.807, 2.05) is 0 Å². The molecule has 0 amide bonds. The molecule has 0 atom stereocenters. The molecule has 3 heteroatoms. The van der Waals surface area contributed by atoms with Gasteiger partial charge in [0.05, 0.1) is 0 Å². The molecule has 0 heterocycles. The maximum atomic E-state index is 8.75. The Morgan fingerprint density at radius 2 is 2.12 bits per heavy atom. The molecule has 0 aromatic rings. The number of hydrogen-bond donors (Lipinski definition) is 2. The van der Waals surface area contributed by atoms with Crippen LogP contribution in [-0.4, -0.2) is 28.3 Å². The summed E-state index contributed by atoms with van der Waals surface area (Å²) in [5.41, 5.74) is 0. The van der Waals surface area contributed by atoms with Gasteiger partial charge < -0.3 is 0 Å². The second-order valence-electron chi connectivity index (χ2n) is 1.67. The van der Waals surface area contributed by atoms with Gasteiger partial charge >= 0.3 is 0 Å². The van der Waals surface area contributed by atoms with Crippen molar-refractivity contribution in [1.82, 2.24) is 0 Å². The van der Waals surface area contributed by atoms with Gasteiger partial charge in [-0.25, -0.2) is 0 Å². The van der Waals surface area contributed by atoms with E-state index in [4.69, 9.17) is 10.4 Å². The molecule has 48 valence electrons. The third-order valence-corrected chi connectivity index (χ3v) is 0.928. The van der Waals surface area contributed by atoms with Crippen LogP contribution >= 0.6 is 0 Å². The van der Waals surface area contributed by atoms with Crippen LogP contribution in [0.3, 0.4) is 0 Å². The molecule has 2 N–H and O–H groups in total. The van der Waals surface area contributed by atoms with Crippen molar-refractivity contribution in [3.63, 3.8) is 0 Å². The lowest BCUT2D eigenvalue weighted by molar-refractivity contribution is -1.24. The summed E-state index contributed by atoms with van der Waals surface area (Å²) in [6.07, 6.45) is 1.46. The average molecular weight is 118 g/mol. The van der Waals surface area contributed by atoms with Crippen molar-refractivity contribution in [1.29, 1.82) is 0 Å². The van der Waals surface area contributed by atoms with Crippen molar-refractivity contribution in [2.45, 2.75) is 6.92 Å². The highest BCUT2D eigenvalue weighted by Gasteiger charge is 2.15. The van der Waals surface area contributed by atoms with Crippen LogP contribution in [0.4, 0.5) is 0 Å². The summed E-state index contributed by atoms with van der Waals surface area (Å²) in [5, 5.41) is 17.5. The van der Waals surface area contributed by atoms with Crippen molar-refractivity contribution in [3.8, 4) is 0 Å². The zero-order valence-corrected chi connectivity index (χ0v) is 5.04. The van der Waals surface area contributed by atoms with Gasteiger partial charge in [-0.15, -0.1) is 0 Å². The van der Waals surface area contributed by atoms with Crippen LogP contribution in [0, 0.1) is 0 Å². The fraction of sp³-hybridized carbons (Fsp3) is 0.600. The molecular formula is C5H12NO2+. The van der Waals surface area contributed by atoms with Gasteiger partial charge in [-0.05, 0) is 17.8 Å². The molecule has 0 aromatic heterocycles. The molecule has 0 aliphatic heterocycles. The number of likely N-dealkylation sites (N-methyl/N-ethyl adjacent to an activating group) is 1. The van der Waals surface area contributed by atoms with Crippen LogP contribution < -0.4 is 0 Å². The Hall–Kier alpha value is -0.380. The van der Waals surface area contributed by atoms with E-state index in [1.54, 1.807) is 6.92 Å². The minimum atomic E-state index is -0.955. The molecule has 0 bridgehead atoms. The minimum absolute atomic E-state index is 0.177. The lowest BCUT2D eigenvalue weighted by Gasteiger charge is -2.16. The fourth-order valence-electron chi connectivity index (χ4n) is 0.336.